The van der Waals surface area contributed by atoms with Crippen LogP contribution in [0, 0.1) is 13.8 Å². The molecule has 2 aromatic carbocycles. The van der Waals surface area contributed by atoms with Crippen molar-refractivity contribution in [3.8, 4) is 11.5 Å². The van der Waals surface area contributed by atoms with Crippen molar-refractivity contribution >= 4 is 23.3 Å². The van der Waals surface area contributed by atoms with Crippen molar-refractivity contribution in [2.45, 2.75) is 20.5 Å². The second-order valence-corrected chi connectivity index (χ2v) is 8.03. The van der Waals surface area contributed by atoms with Crippen LogP contribution in [0.4, 0.5) is 0 Å². The number of rotatable bonds is 9. The number of thiazole rings is 1. The number of carbonyl (C=O) groups is 1. The van der Waals surface area contributed by atoms with E-state index in [2.05, 4.69) is 4.98 Å². The van der Waals surface area contributed by atoms with Crippen LogP contribution in [0.1, 0.15) is 21.8 Å². The van der Waals surface area contributed by atoms with Crippen molar-refractivity contribution in [3.63, 3.8) is 0 Å². The summed E-state index contributed by atoms with van der Waals surface area (Å²) in [5.74, 6) is 1.51. The molecule has 156 valence electrons. The molecule has 0 aliphatic carbocycles. The molecule has 3 rings (SSSR count). The fraction of sp³-hybridized carbons (Fsp3) is 0.250. The molecule has 0 unspecified atom stereocenters. The summed E-state index contributed by atoms with van der Waals surface area (Å²) in [7, 11) is 1.77. The van der Waals surface area contributed by atoms with Crippen molar-refractivity contribution in [2.24, 2.45) is 0 Å². The quantitative estimate of drug-likeness (QED) is 0.461. The second-order valence-electron chi connectivity index (χ2n) is 6.97. The minimum atomic E-state index is -0.0678. The van der Waals surface area contributed by atoms with E-state index in [-0.39, 0.29) is 5.91 Å². The van der Waals surface area contributed by atoms with E-state index in [1.807, 2.05) is 67.8 Å². The van der Waals surface area contributed by atoms with Crippen molar-refractivity contribution in [1.29, 1.82) is 0 Å². The summed E-state index contributed by atoms with van der Waals surface area (Å²) in [4.78, 5) is 18.3. The molecular formula is C24H26N2O3S. The third-order valence-corrected chi connectivity index (χ3v) is 5.27. The van der Waals surface area contributed by atoms with Crippen molar-refractivity contribution in [1.82, 2.24) is 9.88 Å². The Hall–Kier alpha value is -3.12. The average Bonchev–Trinajstić information content (AvgIpc) is 3.17. The smallest absolute Gasteiger partial charge is 0.246 e. The molecule has 0 aliphatic rings. The lowest BCUT2D eigenvalue weighted by molar-refractivity contribution is -0.125. The van der Waals surface area contributed by atoms with Crippen LogP contribution in [0.5, 0.6) is 11.5 Å². The molecule has 0 radical (unpaired) electrons. The van der Waals surface area contributed by atoms with Crippen LogP contribution in [0.2, 0.25) is 0 Å². The van der Waals surface area contributed by atoms with E-state index in [0.29, 0.717) is 19.8 Å². The lowest BCUT2D eigenvalue weighted by atomic mass is 10.2. The molecule has 1 heterocycles. The Balaban J connectivity index is 1.42. The van der Waals surface area contributed by atoms with E-state index < -0.39 is 0 Å². The molecule has 5 nitrogen and oxygen atoms in total. The summed E-state index contributed by atoms with van der Waals surface area (Å²) in [6.45, 7) is 5.43. The first-order valence-electron chi connectivity index (χ1n) is 9.76. The summed E-state index contributed by atoms with van der Waals surface area (Å²) in [5, 5.41) is 3.03. The van der Waals surface area contributed by atoms with E-state index in [4.69, 9.17) is 9.47 Å². The van der Waals surface area contributed by atoms with Gasteiger partial charge in [-0.2, -0.15) is 0 Å². The molecule has 0 saturated carbocycles. The summed E-state index contributed by atoms with van der Waals surface area (Å²) >= 11 is 1.61. The third kappa shape index (κ3) is 6.74. The first kappa shape index (κ1) is 21.6. The zero-order valence-corrected chi connectivity index (χ0v) is 18.3. The number of aryl methyl sites for hydroxylation is 2. The van der Waals surface area contributed by atoms with Crippen LogP contribution < -0.4 is 9.47 Å². The standard InChI is InChI=1S/C24H26N2O3S/c1-18-4-9-22(10-5-18)28-15-14-26(3)24(27)13-8-20-6-11-23(12-7-20)29-16-21-17-30-19(2)25-21/h4-13,17H,14-16H2,1-3H3/b13-8+. The Labute approximate surface area is 181 Å². The Morgan fingerprint density at radius 1 is 1.03 bits per heavy atom. The third-order valence-electron chi connectivity index (χ3n) is 4.44. The van der Waals surface area contributed by atoms with Gasteiger partial charge in [0.05, 0.1) is 17.2 Å². The van der Waals surface area contributed by atoms with E-state index in [1.165, 1.54) is 5.56 Å². The SMILES string of the molecule is Cc1ccc(OCCN(C)C(=O)/C=C/c2ccc(OCc3csc(C)n3)cc2)cc1. The normalized spacial score (nSPS) is 10.9. The van der Waals surface area contributed by atoms with Gasteiger partial charge in [0.2, 0.25) is 5.91 Å². The van der Waals surface area contributed by atoms with Gasteiger partial charge in [-0.15, -0.1) is 11.3 Å². The number of hydrogen-bond donors (Lipinski definition) is 0. The van der Waals surface area contributed by atoms with E-state index in [9.17, 15) is 4.79 Å². The van der Waals surface area contributed by atoms with Gasteiger partial charge in [-0.1, -0.05) is 29.8 Å². The predicted octanol–water partition coefficient (Wildman–Crippen LogP) is 4.89. The monoisotopic (exact) mass is 422 g/mol. The molecule has 30 heavy (non-hydrogen) atoms. The zero-order chi connectivity index (χ0) is 21.3. The highest BCUT2D eigenvalue weighted by atomic mass is 32.1. The van der Waals surface area contributed by atoms with Crippen LogP contribution in [0.15, 0.2) is 60.0 Å². The zero-order valence-electron chi connectivity index (χ0n) is 17.5. The highest BCUT2D eigenvalue weighted by Crippen LogP contribution is 2.16. The lowest BCUT2D eigenvalue weighted by Crippen LogP contribution is -2.29. The van der Waals surface area contributed by atoms with Crippen LogP contribution >= 0.6 is 11.3 Å². The van der Waals surface area contributed by atoms with Crippen LogP contribution in [-0.4, -0.2) is 36.0 Å². The van der Waals surface area contributed by atoms with Gasteiger partial charge in [0.15, 0.2) is 0 Å². The minimum absolute atomic E-state index is 0.0678. The first-order chi connectivity index (χ1) is 14.5. The van der Waals surface area contributed by atoms with Gasteiger partial charge >= 0.3 is 0 Å². The molecule has 1 amide bonds. The van der Waals surface area contributed by atoms with Gasteiger partial charge in [-0.3, -0.25) is 4.79 Å². The van der Waals surface area contributed by atoms with Crippen LogP contribution in [-0.2, 0) is 11.4 Å². The molecule has 0 N–H and O–H groups in total. The van der Waals surface area contributed by atoms with Gasteiger partial charge in [0, 0.05) is 18.5 Å². The minimum Gasteiger partial charge on any atom is -0.492 e. The Morgan fingerprint density at radius 3 is 2.37 bits per heavy atom. The van der Waals surface area contributed by atoms with Gasteiger partial charge in [-0.25, -0.2) is 4.98 Å². The van der Waals surface area contributed by atoms with Gasteiger partial charge < -0.3 is 14.4 Å². The highest BCUT2D eigenvalue weighted by Gasteiger charge is 2.05. The number of benzene rings is 2. The Bertz CT molecular complexity index is 978. The van der Waals surface area contributed by atoms with Crippen LogP contribution in [0.25, 0.3) is 6.08 Å². The fourth-order valence-electron chi connectivity index (χ4n) is 2.65. The Kier molecular flexibility index (Phi) is 7.63. The molecule has 0 fully saturated rings. The molecule has 0 spiro atoms. The number of hydrogen-bond acceptors (Lipinski definition) is 5. The van der Waals surface area contributed by atoms with Crippen LogP contribution in [0.3, 0.4) is 0 Å². The maximum Gasteiger partial charge on any atom is 0.246 e. The van der Waals surface area contributed by atoms with E-state index in [1.54, 1.807) is 35.4 Å². The van der Waals surface area contributed by atoms with Gasteiger partial charge in [-0.05, 0) is 49.8 Å². The predicted molar refractivity (Wildman–Crippen MR) is 121 cm³/mol. The summed E-state index contributed by atoms with van der Waals surface area (Å²) in [6, 6.07) is 15.5. The largest absolute Gasteiger partial charge is 0.492 e. The number of likely N-dealkylation sites (N-methyl/N-ethyl adjacent to an activating group) is 1. The molecule has 3 aromatic rings. The summed E-state index contributed by atoms with van der Waals surface area (Å²) in [6.07, 6.45) is 3.37. The molecular weight excluding hydrogens is 396 g/mol. The molecule has 0 saturated heterocycles. The average molecular weight is 423 g/mol. The van der Waals surface area contributed by atoms with Gasteiger partial charge in [0.1, 0.15) is 24.7 Å². The van der Waals surface area contributed by atoms with Crippen molar-refractivity contribution in [2.75, 3.05) is 20.2 Å². The number of amides is 1. The highest BCUT2D eigenvalue weighted by molar-refractivity contribution is 7.09. The second kappa shape index (κ2) is 10.6. The topological polar surface area (TPSA) is 51.7 Å². The Morgan fingerprint density at radius 2 is 1.70 bits per heavy atom. The number of nitrogens with zero attached hydrogens (tertiary/aromatic N) is 2. The van der Waals surface area contributed by atoms with E-state index in [0.717, 1.165) is 27.8 Å². The van der Waals surface area contributed by atoms with Gasteiger partial charge in [0.25, 0.3) is 0 Å². The summed E-state index contributed by atoms with van der Waals surface area (Å²) in [5.41, 5.74) is 3.06. The van der Waals surface area contributed by atoms with E-state index >= 15 is 0 Å². The number of carbonyl (C=O) groups excluding carboxylic acids is 1. The first-order valence-corrected chi connectivity index (χ1v) is 10.6. The summed E-state index contributed by atoms with van der Waals surface area (Å²) < 4.78 is 11.4. The van der Waals surface area contributed by atoms with Crippen molar-refractivity contribution in [3.05, 3.63) is 81.8 Å². The maximum absolute atomic E-state index is 12.3. The molecule has 0 aliphatic heterocycles. The maximum atomic E-state index is 12.3. The lowest BCUT2D eigenvalue weighted by Gasteiger charge is -2.15. The molecule has 0 bridgehead atoms. The number of aromatic nitrogens is 1. The molecule has 6 heteroatoms. The molecule has 0 atom stereocenters. The molecule has 1 aromatic heterocycles. The number of ether oxygens (including phenoxy) is 2. The fourth-order valence-corrected chi connectivity index (χ4v) is 3.24. The van der Waals surface area contributed by atoms with Crippen molar-refractivity contribution < 1.29 is 14.3 Å².